The van der Waals surface area contributed by atoms with Crippen molar-refractivity contribution in [2.24, 2.45) is 0 Å². The number of carbonyl (C=O) groups excluding carboxylic acids is 1. The van der Waals surface area contributed by atoms with Gasteiger partial charge in [0.25, 0.3) is 0 Å². The molecule has 0 radical (unpaired) electrons. The minimum Gasteiger partial charge on any atom is -0.494 e. The molecule has 0 aliphatic rings. The van der Waals surface area contributed by atoms with Gasteiger partial charge in [-0.15, -0.1) is 0 Å². The normalized spacial score (nSPS) is 10.1. The van der Waals surface area contributed by atoms with Gasteiger partial charge in [0.1, 0.15) is 11.6 Å². The van der Waals surface area contributed by atoms with Gasteiger partial charge in [0, 0.05) is 13.5 Å². The average Bonchev–Trinajstić information content (AvgIpc) is 2.35. The first-order valence-electron chi connectivity index (χ1n) is 5.32. The van der Waals surface area contributed by atoms with E-state index < -0.39 is 0 Å². The Balaban J connectivity index is 2.20. The summed E-state index contributed by atoms with van der Waals surface area (Å²) in [7, 11) is 3.00. The summed E-state index contributed by atoms with van der Waals surface area (Å²) in [5.41, 5.74) is 0. The van der Waals surface area contributed by atoms with E-state index in [0.29, 0.717) is 25.2 Å². The number of carbonyl (C=O) groups is 1. The van der Waals surface area contributed by atoms with Crippen molar-refractivity contribution in [3.05, 3.63) is 30.1 Å². The molecule has 0 saturated carbocycles. The van der Waals surface area contributed by atoms with E-state index >= 15 is 0 Å². The first-order chi connectivity index (χ1) is 8.13. The van der Waals surface area contributed by atoms with Crippen molar-refractivity contribution in [2.45, 2.75) is 12.8 Å². The third-order valence-electron chi connectivity index (χ3n) is 2.24. The van der Waals surface area contributed by atoms with Crippen LogP contribution in [-0.4, -0.2) is 31.7 Å². The van der Waals surface area contributed by atoms with Crippen LogP contribution in [-0.2, 0) is 9.63 Å². The summed E-state index contributed by atoms with van der Waals surface area (Å²) < 4.78 is 17.9. The van der Waals surface area contributed by atoms with Gasteiger partial charge in [0.05, 0.1) is 13.7 Å². The van der Waals surface area contributed by atoms with Crippen LogP contribution in [0.3, 0.4) is 0 Å². The first-order valence-corrected chi connectivity index (χ1v) is 5.32. The number of nitrogens with zero attached hydrogens (tertiary/aromatic N) is 1. The van der Waals surface area contributed by atoms with Crippen LogP contribution in [0.2, 0.25) is 0 Å². The predicted molar refractivity (Wildman–Crippen MR) is 60.9 cm³/mol. The third kappa shape index (κ3) is 4.82. The molecule has 1 amide bonds. The zero-order chi connectivity index (χ0) is 12.7. The Morgan fingerprint density at radius 2 is 2.00 bits per heavy atom. The van der Waals surface area contributed by atoms with Crippen molar-refractivity contribution in [1.29, 1.82) is 0 Å². The zero-order valence-electron chi connectivity index (χ0n) is 9.98. The third-order valence-corrected chi connectivity index (χ3v) is 2.24. The van der Waals surface area contributed by atoms with Crippen LogP contribution in [0.1, 0.15) is 12.8 Å². The molecule has 0 fully saturated rings. The van der Waals surface area contributed by atoms with Crippen LogP contribution in [0.25, 0.3) is 0 Å². The molecular weight excluding hydrogens is 225 g/mol. The molecule has 1 aromatic carbocycles. The smallest absolute Gasteiger partial charge is 0.245 e. The van der Waals surface area contributed by atoms with Crippen molar-refractivity contribution < 1.29 is 18.8 Å². The molecule has 1 rings (SSSR count). The maximum Gasteiger partial charge on any atom is 0.245 e. The molecule has 4 nitrogen and oxygen atoms in total. The summed E-state index contributed by atoms with van der Waals surface area (Å²) in [5.74, 6) is 0.198. The second-order valence-corrected chi connectivity index (χ2v) is 3.48. The van der Waals surface area contributed by atoms with E-state index in [0.717, 1.165) is 0 Å². The van der Waals surface area contributed by atoms with Crippen LogP contribution >= 0.6 is 0 Å². The highest BCUT2D eigenvalue weighted by atomic mass is 19.1. The number of hydrogen-bond donors (Lipinski definition) is 0. The van der Waals surface area contributed by atoms with Crippen molar-refractivity contribution in [3.8, 4) is 5.75 Å². The van der Waals surface area contributed by atoms with E-state index in [2.05, 4.69) is 0 Å². The standard InChI is InChI=1S/C12H16FNO3/c1-14(16-2)12(15)4-3-9-17-11-7-5-10(13)6-8-11/h5-8H,3-4,9H2,1-2H3. The highest BCUT2D eigenvalue weighted by Gasteiger charge is 2.06. The predicted octanol–water partition coefficient (Wildman–Crippen LogP) is 2.00. The van der Waals surface area contributed by atoms with Crippen LogP contribution in [0, 0.1) is 5.82 Å². The zero-order valence-corrected chi connectivity index (χ0v) is 9.98. The highest BCUT2D eigenvalue weighted by molar-refractivity contribution is 5.74. The van der Waals surface area contributed by atoms with Crippen molar-refractivity contribution in [2.75, 3.05) is 20.8 Å². The van der Waals surface area contributed by atoms with Gasteiger partial charge in [0.2, 0.25) is 5.91 Å². The fourth-order valence-corrected chi connectivity index (χ4v) is 1.20. The summed E-state index contributed by atoms with van der Waals surface area (Å²) in [5, 5.41) is 1.18. The fourth-order valence-electron chi connectivity index (χ4n) is 1.20. The SMILES string of the molecule is CON(C)C(=O)CCCOc1ccc(F)cc1. The van der Waals surface area contributed by atoms with Gasteiger partial charge in [-0.3, -0.25) is 9.63 Å². The van der Waals surface area contributed by atoms with Crippen LogP contribution in [0.4, 0.5) is 4.39 Å². The van der Waals surface area contributed by atoms with E-state index in [9.17, 15) is 9.18 Å². The summed E-state index contributed by atoms with van der Waals surface area (Å²) in [6.07, 6.45) is 0.940. The molecule has 0 unspecified atom stereocenters. The molecule has 0 N–H and O–H groups in total. The lowest BCUT2D eigenvalue weighted by molar-refractivity contribution is -0.168. The fraction of sp³-hybridized carbons (Fsp3) is 0.417. The second-order valence-electron chi connectivity index (χ2n) is 3.48. The Labute approximate surface area is 99.9 Å². The second kappa shape index (κ2) is 6.85. The number of amides is 1. The van der Waals surface area contributed by atoms with E-state index in [-0.39, 0.29) is 11.7 Å². The summed E-state index contributed by atoms with van der Waals surface area (Å²) in [6, 6.07) is 5.77. The Hall–Kier alpha value is -1.62. The van der Waals surface area contributed by atoms with Gasteiger partial charge in [-0.05, 0) is 30.7 Å². The average molecular weight is 241 g/mol. The molecule has 1 aromatic rings. The number of benzene rings is 1. The first kappa shape index (κ1) is 13.4. The molecule has 17 heavy (non-hydrogen) atoms. The van der Waals surface area contributed by atoms with Crippen LogP contribution in [0.5, 0.6) is 5.75 Å². The van der Waals surface area contributed by atoms with Gasteiger partial charge in [0.15, 0.2) is 0 Å². The highest BCUT2D eigenvalue weighted by Crippen LogP contribution is 2.11. The Bertz CT molecular complexity index is 353. The molecule has 0 aliphatic carbocycles. The van der Waals surface area contributed by atoms with E-state index in [1.165, 1.54) is 24.3 Å². The van der Waals surface area contributed by atoms with E-state index in [1.807, 2.05) is 0 Å². The van der Waals surface area contributed by atoms with Gasteiger partial charge < -0.3 is 4.74 Å². The lowest BCUT2D eigenvalue weighted by atomic mass is 10.3. The van der Waals surface area contributed by atoms with Crippen molar-refractivity contribution >= 4 is 5.91 Å². The van der Waals surface area contributed by atoms with Gasteiger partial charge in [-0.1, -0.05) is 0 Å². The number of rotatable bonds is 6. The minimum atomic E-state index is -0.297. The number of hydrogen-bond acceptors (Lipinski definition) is 3. The number of ether oxygens (including phenoxy) is 1. The largest absolute Gasteiger partial charge is 0.494 e. The molecule has 0 saturated heterocycles. The Morgan fingerprint density at radius 1 is 1.35 bits per heavy atom. The Kier molecular flexibility index (Phi) is 5.42. The maximum absolute atomic E-state index is 12.6. The molecular formula is C12H16FNO3. The van der Waals surface area contributed by atoms with E-state index in [1.54, 1.807) is 19.2 Å². The molecule has 94 valence electrons. The Morgan fingerprint density at radius 3 is 2.59 bits per heavy atom. The quantitative estimate of drug-likeness (QED) is 0.565. The molecule has 0 bridgehead atoms. The lowest BCUT2D eigenvalue weighted by Crippen LogP contribution is -2.25. The van der Waals surface area contributed by atoms with Crippen LogP contribution < -0.4 is 4.74 Å². The number of hydroxylamine groups is 2. The monoisotopic (exact) mass is 241 g/mol. The molecule has 0 heterocycles. The maximum atomic E-state index is 12.6. The lowest BCUT2D eigenvalue weighted by Gasteiger charge is -2.13. The molecule has 0 aromatic heterocycles. The van der Waals surface area contributed by atoms with Crippen LogP contribution in [0.15, 0.2) is 24.3 Å². The molecule has 0 atom stereocenters. The number of halogens is 1. The van der Waals surface area contributed by atoms with Gasteiger partial charge in [-0.25, -0.2) is 9.45 Å². The van der Waals surface area contributed by atoms with Gasteiger partial charge >= 0.3 is 0 Å². The minimum absolute atomic E-state index is 0.102. The topological polar surface area (TPSA) is 38.8 Å². The van der Waals surface area contributed by atoms with E-state index in [4.69, 9.17) is 9.57 Å². The van der Waals surface area contributed by atoms with Crippen molar-refractivity contribution in [1.82, 2.24) is 5.06 Å². The molecule has 0 aliphatic heterocycles. The summed E-state index contributed by atoms with van der Waals surface area (Å²) in [6.45, 7) is 0.412. The summed E-state index contributed by atoms with van der Waals surface area (Å²) in [4.78, 5) is 16.1. The summed E-state index contributed by atoms with van der Waals surface area (Å²) >= 11 is 0. The van der Waals surface area contributed by atoms with Gasteiger partial charge in [-0.2, -0.15) is 0 Å². The van der Waals surface area contributed by atoms with Crippen molar-refractivity contribution in [3.63, 3.8) is 0 Å². The molecule has 0 spiro atoms. The molecule has 5 heteroatoms.